The van der Waals surface area contributed by atoms with Gasteiger partial charge in [-0.2, -0.15) is 11.3 Å². The topological polar surface area (TPSA) is 29.1 Å². The van der Waals surface area contributed by atoms with Crippen LogP contribution in [0.4, 0.5) is 5.69 Å². The van der Waals surface area contributed by atoms with Crippen LogP contribution in [0.3, 0.4) is 0 Å². The van der Waals surface area contributed by atoms with Gasteiger partial charge in [0.15, 0.2) is 0 Å². The number of hydrogen-bond acceptors (Lipinski definition) is 2. The van der Waals surface area contributed by atoms with Crippen LogP contribution in [0.5, 0.6) is 0 Å². The molecule has 4 heteroatoms. The number of thiophene rings is 1. The van der Waals surface area contributed by atoms with Crippen molar-refractivity contribution in [2.24, 2.45) is 0 Å². The van der Waals surface area contributed by atoms with Crippen molar-refractivity contribution in [1.29, 1.82) is 0 Å². The van der Waals surface area contributed by atoms with E-state index in [9.17, 15) is 4.79 Å². The van der Waals surface area contributed by atoms with Crippen LogP contribution in [0, 0.1) is 13.8 Å². The van der Waals surface area contributed by atoms with Gasteiger partial charge in [-0.05, 0) is 48.6 Å². The van der Waals surface area contributed by atoms with Gasteiger partial charge in [-0.3, -0.25) is 4.79 Å². The van der Waals surface area contributed by atoms with Crippen LogP contribution in [0.25, 0.3) is 0 Å². The molecule has 88 valence electrons. The predicted octanol–water partition coefficient (Wildman–Crippen LogP) is 4.38. The quantitative estimate of drug-likeness (QED) is 0.876. The van der Waals surface area contributed by atoms with Crippen LogP contribution in [-0.4, -0.2) is 5.91 Å². The monoisotopic (exact) mass is 309 g/mol. The van der Waals surface area contributed by atoms with Gasteiger partial charge < -0.3 is 5.32 Å². The molecule has 1 amide bonds. The highest BCUT2D eigenvalue weighted by Crippen LogP contribution is 2.21. The summed E-state index contributed by atoms with van der Waals surface area (Å²) in [6.45, 7) is 3.94. The third kappa shape index (κ3) is 2.76. The van der Waals surface area contributed by atoms with Crippen molar-refractivity contribution in [1.82, 2.24) is 0 Å². The molecular weight excluding hydrogens is 298 g/mol. The summed E-state index contributed by atoms with van der Waals surface area (Å²) in [5.41, 5.74) is 3.68. The predicted molar refractivity (Wildman–Crippen MR) is 75.9 cm³/mol. The van der Waals surface area contributed by atoms with E-state index in [-0.39, 0.29) is 5.91 Å². The van der Waals surface area contributed by atoms with Crippen molar-refractivity contribution in [3.05, 3.63) is 50.1 Å². The highest BCUT2D eigenvalue weighted by molar-refractivity contribution is 9.10. The second-order valence-corrected chi connectivity index (χ2v) is 5.48. The zero-order valence-corrected chi connectivity index (χ0v) is 12.0. The number of anilines is 1. The fraction of sp³-hybridized carbons (Fsp3) is 0.154. The Morgan fingerprint density at radius 1 is 1.24 bits per heavy atom. The maximum Gasteiger partial charge on any atom is 0.256 e. The molecule has 2 rings (SSSR count). The van der Waals surface area contributed by atoms with E-state index in [1.54, 1.807) is 11.3 Å². The lowest BCUT2D eigenvalue weighted by atomic mass is 10.2. The Bertz CT molecular complexity index is 562. The molecule has 0 spiro atoms. The number of carbonyl (C=O) groups is 1. The maximum atomic E-state index is 12.0. The van der Waals surface area contributed by atoms with E-state index < -0.39 is 0 Å². The standard InChI is InChI=1S/C13H12BrNOS/c1-8-5-10(3-4-12(8)14)15-13(16)11-7-17-6-9(11)2/h3-7H,1-2H3,(H,15,16). The van der Waals surface area contributed by atoms with E-state index in [1.807, 2.05) is 42.8 Å². The first kappa shape index (κ1) is 12.3. The average molecular weight is 310 g/mol. The third-order valence-electron chi connectivity index (χ3n) is 2.52. The smallest absolute Gasteiger partial charge is 0.256 e. The van der Waals surface area contributed by atoms with Crippen LogP contribution in [0.2, 0.25) is 0 Å². The Morgan fingerprint density at radius 2 is 2.00 bits per heavy atom. The number of nitrogens with one attached hydrogen (secondary N) is 1. The molecule has 0 aliphatic heterocycles. The highest BCUT2D eigenvalue weighted by Gasteiger charge is 2.10. The Labute approximate surface area is 113 Å². The summed E-state index contributed by atoms with van der Waals surface area (Å²) in [6.07, 6.45) is 0. The minimum absolute atomic E-state index is 0.0505. The van der Waals surface area contributed by atoms with Gasteiger partial charge in [-0.15, -0.1) is 0 Å². The number of carbonyl (C=O) groups excluding carboxylic acids is 1. The maximum absolute atomic E-state index is 12.0. The molecule has 2 aromatic rings. The fourth-order valence-corrected chi connectivity index (χ4v) is 2.59. The summed E-state index contributed by atoms with van der Waals surface area (Å²) in [4.78, 5) is 12.0. The SMILES string of the molecule is Cc1cc(NC(=O)c2cscc2C)ccc1Br. The summed E-state index contributed by atoms with van der Waals surface area (Å²) in [6, 6.07) is 5.77. The molecule has 0 fully saturated rings. The molecule has 0 aliphatic rings. The first-order valence-corrected chi connectivity index (χ1v) is 6.92. The molecular formula is C13H12BrNOS. The number of rotatable bonds is 2. The molecule has 1 N–H and O–H groups in total. The molecule has 0 unspecified atom stereocenters. The second kappa shape index (κ2) is 5.02. The van der Waals surface area contributed by atoms with E-state index in [2.05, 4.69) is 21.2 Å². The molecule has 1 heterocycles. The Kier molecular flexibility index (Phi) is 3.64. The summed E-state index contributed by atoms with van der Waals surface area (Å²) in [7, 11) is 0. The summed E-state index contributed by atoms with van der Waals surface area (Å²) in [5.74, 6) is -0.0505. The Balaban J connectivity index is 2.19. The van der Waals surface area contributed by atoms with Crippen LogP contribution in [0.15, 0.2) is 33.4 Å². The van der Waals surface area contributed by atoms with Gasteiger partial charge in [-0.25, -0.2) is 0 Å². The van der Waals surface area contributed by atoms with Gasteiger partial charge >= 0.3 is 0 Å². The molecule has 0 radical (unpaired) electrons. The molecule has 0 saturated heterocycles. The van der Waals surface area contributed by atoms with Gasteiger partial charge in [0.25, 0.3) is 5.91 Å². The van der Waals surface area contributed by atoms with Crippen molar-refractivity contribution < 1.29 is 4.79 Å². The van der Waals surface area contributed by atoms with E-state index in [0.29, 0.717) is 0 Å². The molecule has 17 heavy (non-hydrogen) atoms. The summed E-state index contributed by atoms with van der Waals surface area (Å²) in [5, 5.41) is 6.75. The normalized spacial score (nSPS) is 10.3. The Morgan fingerprint density at radius 3 is 2.59 bits per heavy atom. The van der Waals surface area contributed by atoms with Crippen LogP contribution >= 0.6 is 27.3 Å². The lowest BCUT2D eigenvalue weighted by Crippen LogP contribution is -2.12. The van der Waals surface area contributed by atoms with Gasteiger partial charge in [0.1, 0.15) is 0 Å². The van der Waals surface area contributed by atoms with Gasteiger partial charge in [-0.1, -0.05) is 15.9 Å². The lowest BCUT2D eigenvalue weighted by Gasteiger charge is -2.06. The highest BCUT2D eigenvalue weighted by atomic mass is 79.9. The molecule has 0 atom stereocenters. The molecule has 1 aromatic carbocycles. The van der Waals surface area contributed by atoms with Crippen LogP contribution in [0.1, 0.15) is 21.5 Å². The van der Waals surface area contributed by atoms with Crippen molar-refractivity contribution in [3.8, 4) is 0 Å². The van der Waals surface area contributed by atoms with E-state index >= 15 is 0 Å². The number of amides is 1. The van der Waals surface area contributed by atoms with Crippen LogP contribution < -0.4 is 5.32 Å². The first-order chi connectivity index (χ1) is 8.08. The Hall–Kier alpha value is -1.13. The number of hydrogen-bond donors (Lipinski definition) is 1. The minimum atomic E-state index is -0.0505. The zero-order chi connectivity index (χ0) is 12.4. The van der Waals surface area contributed by atoms with E-state index in [1.165, 1.54) is 0 Å². The fourth-order valence-electron chi connectivity index (χ4n) is 1.51. The molecule has 0 bridgehead atoms. The second-order valence-electron chi connectivity index (χ2n) is 3.89. The van der Waals surface area contributed by atoms with Crippen molar-refractivity contribution >= 4 is 38.9 Å². The van der Waals surface area contributed by atoms with Crippen molar-refractivity contribution in [2.75, 3.05) is 5.32 Å². The average Bonchev–Trinajstić information content (AvgIpc) is 2.70. The number of benzene rings is 1. The van der Waals surface area contributed by atoms with E-state index in [4.69, 9.17) is 0 Å². The van der Waals surface area contributed by atoms with Crippen LogP contribution in [-0.2, 0) is 0 Å². The van der Waals surface area contributed by atoms with Gasteiger partial charge in [0, 0.05) is 15.5 Å². The summed E-state index contributed by atoms with van der Waals surface area (Å²) >= 11 is 4.98. The zero-order valence-electron chi connectivity index (χ0n) is 9.58. The van der Waals surface area contributed by atoms with Crippen molar-refractivity contribution in [2.45, 2.75) is 13.8 Å². The molecule has 0 saturated carbocycles. The lowest BCUT2D eigenvalue weighted by molar-refractivity contribution is 0.102. The third-order valence-corrected chi connectivity index (χ3v) is 4.27. The largest absolute Gasteiger partial charge is 0.322 e. The van der Waals surface area contributed by atoms with Crippen molar-refractivity contribution in [3.63, 3.8) is 0 Å². The van der Waals surface area contributed by atoms with Gasteiger partial charge in [0.05, 0.1) is 5.56 Å². The summed E-state index contributed by atoms with van der Waals surface area (Å²) < 4.78 is 1.04. The molecule has 1 aromatic heterocycles. The molecule has 2 nitrogen and oxygen atoms in total. The number of halogens is 1. The minimum Gasteiger partial charge on any atom is -0.322 e. The van der Waals surface area contributed by atoms with Gasteiger partial charge in [0.2, 0.25) is 0 Å². The van der Waals surface area contributed by atoms with E-state index in [0.717, 1.165) is 26.9 Å². The molecule has 0 aliphatic carbocycles. The first-order valence-electron chi connectivity index (χ1n) is 5.18. The number of aryl methyl sites for hydroxylation is 2.